The molecule has 2 atom stereocenters. The fourth-order valence-electron chi connectivity index (χ4n) is 3.62. The van der Waals surface area contributed by atoms with Crippen LogP contribution in [0.2, 0.25) is 0 Å². The van der Waals surface area contributed by atoms with Gasteiger partial charge in [0, 0.05) is 22.4 Å². The van der Waals surface area contributed by atoms with Crippen molar-refractivity contribution in [3.8, 4) is 16.2 Å². The Balaban J connectivity index is 1.46. The van der Waals surface area contributed by atoms with E-state index in [-0.39, 0.29) is 29.5 Å². The summed E-state index contributed by atoms with van der Waals surface area (Å²) < 4.78 is 20.3. The third kappa shape index (κ3) is 4.14. The lowest BCUT2D eigenvalue weighted by Crippen LogP contribution is -2.36. The minimum Gasteiger partial charge on any atom is -0.487 e. The van der Waals surface area contributed by atoms with E-state index in [4.69, 9.17) is 4.74 Å². The first-order valence-electron chi connectivity index (χ1n) is 9.85. The molecule has 0 aliphatic carbocycles. The molecular formula is C24H22FNO3S. The van der Waals surface area contributed by atoms with Gasteiger partial charge >= 0.3 is 0 Å². The Bertz CT molecular complexity index is 1090. The molecule has 1 aliphatic heterocycles. The highest BCUT2D eigenvalue weighted by Gasteiger charge is 2.28. The fourth-order valence-corrected chi connectivity index (χ4v) is 4.54. The third-order valence-corrected chi connectivity index (χ3v) is 6.50. The van der Waals surface area contributed by atoms with Crippen LogP contribution in [-0.2, 0) is 11.2 Å². The molecule has 2 heterocycles. The van der Waals surface area contributed by atoms with Crippen LogP contribution in [0.25, 0.3) is 10.4 Å². The van der Waals surface area contributed by atoms with Crippen LogP contribution in [-0.4, -0.2) is 24.3 Å². The van der Waals surface area contributed by atoms with Gasteiger partial charge in [0.2, 0.25) is 5.91 Å². The van der Waals surface area contributed by atoms with E-state index in [0.29, 0.717) is 29.2 Å². The summed E-state index contributed by atoms with van der Waals surface area (Å²) in [7, 11) is 0. The Kier molecular flexibility index (Phi) is 5.68. The number of nitrogens with one attached hydrogen (secondary N) is 1. The lowest BCUT2D eigenvalue weighted by Gasteiger charge is -2.16. The molecule has 30 heavy (non-hydrogen) atoms. The maximum absolute atomic E-state index is 14.2. The van der Waals surface area contributed by atoms with E-state index < -0.39 is 0 Å². The highest BCUT2D eigenvalue weighted by molar-refractivity contribution is 7.17. The number of ketones is 1. The predicted octanol–water partition coefficient (Wildman–Crippen LogP) is 4.98. The molecule has 1 aromatic heterocycles. The average Bonchev–Trinajstić information content (AvgIpc) is 3.38. The van der Waals surface area contributed by atoms with Gasteiger partial charge in [-0.3, -0.25) is 9.59 Å². The van der Waals surface area contributed by atoms with Crippen LogP contribution in [0.4, 0.5) is 4.39 Å². The van der Waals surface area contributed by atoms with Crippen molar-refractivity contribution in [3.63, 3.8) is 0 Å². The van der Waals surface area contributed by atoms with Gasteiger partial charge in [-0.2, -0.15) is 0 Å². The van der Waals surface area contributed by atoms with Crippen molar-refractivity contribution in [1.29, 1.82) is 0 Å². The Morgan fingerprint density at radius 1 is 1.20 bits per heavy atom. The molecule has 4 nitrogen and oxygen atoms in total. The number of halogens is 1. The smallest absolute Gasteiger partial charge is 0.227 e. The van der Waals surface area contributed by atoms with Gasteiger partial charge in [0.25, 0.3) is 0 Å². The SMILES string of the molecule is CC(=O)c1ccc(-c2cc(F)cc3c2O[C@@H](CNC(=O)[C@H](C)c2ccccc2)C3)s1. The van der Waals surface area contributed by atoms with E-state index in [1.54, 1.807) is 6.07 Å². The standard InChI is InChI=1S/C24H22FNO3S/c1-14(16-6-4-3-5-7-16)24(28)26-13-19-11-17-10-18(25)12-20(23(17)29-19)22-9-8-21(30-22)15(2)27/h3-10,12,14,19H,11,13H2,1-2H3,(H,26,28)/t14-,19-/m1/s1. The van der Waals surface area contributed by atoms with E-state index in [9.17, 15) is 14.0 Å². The molecule has 1 N–H and O–H groups in total. The number of hydrogen-bond acceptors (Lipinski definition) is 4. The van der Waals surface area contributed by atoms with Crippen LogP contribution in [0.15, 0.2) is 54.6 Å². The summed E-state index contributed by atoms with van der Waals surface area (Å²) in [6.07, 6.45) is 0.255. The second kappa shape index (κ2) is 8.40. The van der Waals surface area contributed by atoms with E-state index in [1.807, 2.05) is 43.3 Å². The molecule has 0 radical (unpaired) electrons. The molecule has 3 aromatic rings. The second-order valence-corrected chi connectivity index (χ2v) is 8.57. The Morgan fingerprint density at radius 2 is 1.97 bits per heavy atom. The minimum atomic E-state index is -0.340. The number of ether oxygens (including phenoxy) is 1. The Morgan fingerprint density at radius 3 is 2.67 bits per heavy atom. The molecular weight excluding hydrogens is 401 g/mol. The van der Waals surface area contributed by atoms with Gasteiger partial charge in [-0.1, -0.05) is 30.3 Å². The molecule has 0 fully saturated rings. The summed E-state index contributed by atoms with van der Waals surface area (Å²) in [5.74, 6) is -0.0693. The van der Waals surface area contributed by atoms with Gasteiger partial charge < -0.3 is 10.1 Å². The van der Waals surface area contributed by atoms with E-state index in [2.05, 4.69) is 5.32 Å². The van der Waals surface area contributed by atoms with Crippen molar-refractivity contribution < 1.29 is 18.7 Å². The zero-order valence-electron chi connectivity index (χ0n) is 16.8. The topological polar surface area (TPSA) is 55.4 Å². The van der Waals surface area contributed by atoms with Gasteiger partial charge in [0.15, 0.2) is 5.78 Å². The van der Waals surface area contributed by atoms with Gasteiger partial charge in [-0.15, -0.1) is 11.3 Å². The molecule has 1 aliphatic rings. The summed E-state index contributed by atoms with van der Waals surface area (Å²) >= 11 is 1.32. The zero-order valence-corrected chi connectivity index (χ0v) is 17.6. The summed E-state index contributed by atoms with van der Waals surface area (Å²) in [6, 6.07) is 16.1. The van der Waals surface area contributed by atoms with E-state index in [1.165, 1.54) is 30.4 Å². The number of thiophene rings is 1. The summed E-state index contributed by atoms with van der Waals surface area (Å²) in [4.78, 5) is 25.6. The number of carbonyl (C=O) groups is 2. The Hall–Kier alpha value is -2.99. The molecule has 0 bridgehead atoms. The quantitative estimate of drug-likeness (QED) is 0.569. The predicted molar refractivity (Wildman–Crippen MR) is 116 cm³/mol. The van der Waals surface area contributed by atoms with Crippen LogP contribution in [0, 0.1) is 5.82 Å². The van der Waals surface area contributed by atoms with Crippen molar-refractivity contribution in [2.24, 2.45) is 0 Å². The van der Waals surface area contributed by atoms with Crippen molar-refractivity contribution >= 4 is 23.0 Å². The van der Waals surface area contributed by atoms with Crippen LogP contribution in [0.1, 0.15) is 40.6 Å². The van der Waals surface area contributed by atoms with E-state index in [0.717, 1.165) is 16.0 Å². The lowest BCUT2D eigenvalue weighted by molar-refractivity contribution is -0.122. The third-order valence-electron chi connectivity index (χ3n) is 5.28. The van der Waals surface area contributed by atoms with Crippen LogP contribution in [0.3, 0.4) is 0 Å². The number of Topliss-reactive ketones (excluding diaryl/α,β-unsaturated/α-hetero) is 1. The second-order valence-electron chi connectivity index (χ2n) is 7.48. The highest BCUT2D eigenvalue weighted by atomic mass is 32.1. The fraction of sp³-hybridized carbons (Fsp3) is 0.250. The molecule has 6 heteroatoms. The minimum absolute atomic E-state index is 0.0201. The highest BCUT2D eigenvalue weighted by Crippen LogP contribution is 2.42. The zero-order chi connectivity index (χ0) is 21.3. The largest absolute Gasteiger partial charge is 0.487 e. The van der Waals surface area contributed by atoms with Crippen molar-refractivity contribution in [3.05, 3.63) is 76.4 Å². The number of benzene rings is 2. The van der Waals surface area contributed by atoms with Crippen molar-refractivity contribution in [2.45, 2.75) is 32.3 Å². The molecule has 0 spiro atoms. The van der Waals surface area contributed by atoms with Crippen LogP contribution < -0.4 is 10.1 Å². The molecule has 0 saturated carbocycles. The number of amides is 1. The number of rotatable bonds is 6. The molecule has 0 saturated heterocycles. The van der Waals surface area contributed by atoms with Gasteiger partial charge in [-0.25, -0.2) is 4.39 Å². The first-order chi connectivity index (χ1) is 14.4. The average molecular weight is 424 g/mol. The monoisotopic (exact) mass is 423 g/mol. The number of hydrogen-bond donors (Lipinski definition) is 1. The Labute approximate surface area is 178 Å². The first kappa shape index (κ1) is 20.3. The summed E-state index contributed by atoms with van der Waals surface area (Å²) in [5, 5.41) is 2.95. The normalized spacial score (nSPS) is 15.9. The molecule has 154 valence electrons. The maximum Gasteiger partial charge on any atom is 0.227 e. The first-order valence-corrected chi connectivity index (χ1v) is 10.7. The van der Waals surface area contributed by atoms with E-state index >= 15 is 0 Å². The number of fused-ring (bicyclic) bond motifs is 1. The van der Waals surface area contributed by atoms with Gasteiger partial charge in [0.05, 0.1) is 17.3 Å². The van der Waals surface area contributed by atoms with Crippen molar-refractivity contribution in [2.75, 3.05) is 6.54 Å². The van der Waals surface area contributed by atoms with Crippen LogP contribution >= 0.6 is 11.3 Å². The molecule has 1 amide bonds. The van der Waals surface area contributed by atoms with Crippen LogP contribution in [0.5, 0.6) is 5.75 Å². The number of carbonyl (C=O) groups excluding carboxylic acids is 2. The van der Waals surface area contributed by atoms with Gasteiger partial charge in [0.1, 0.15) is 17.7 Å². The lowest BCUT2D eigenvalue weighted by atomic mass is 10.0. The summed E-state index contributed by atoms with van der Waals surface area (Å²) in [6.45, 7) is 3.72. The molecule has 2 aromatic carbocycles. The molecule has 0 unspecified atom stereocenters. The summed E-state index contributed by atoms with van der Waals surface area (Å²) in [5.41, 5.74) is 2.38. The van der Waals surface area contributed by atoms with Crippen molar-refractivity contribution in [1.82, 2.24) is 5.32 Å². The van der Waals surface area contributed by atoms with Gasteiger partial charge in [-0.05, 0) is 43.7 Å². The molecule has 4 rings (SSSR count). The maximum atomic E-state index is 14.2.